The minimum absolute atomic E-state index is 0.0545. The molecule has 152 valence electrons. The van der Waals surface area contributed by atoms with Crippen LogP contribution in [-0.2, 0) is 6.18 Å². The van der Waals surface area contributed by atoms with Gasteiger partial charge >= 0.3 is 6.18 Å². The largest absolute Gasteiger partial charge is 0.433 e. The fourth-order valence-corrected chi connectivity index (χ4v) is 3.14. The second-order valence-corrected chi connectivity index (χ2v) is 6.80. The van der Waals surface area contributed by atoms with Crippen LogP contribution < -0.4 is 5.32 Å². The Kier molecular flexibility index (Phi) is 4.99. The maximum absolute atomic E-state index is 13.7. The van der Waals surface area contributed by atoms with E-state index in [1.807, 2.05) is 30.3 Å². The summed E-state index contributed by atoms with van der Waals surface area (Å²) < 4.78 is 41.7. The summed E-state index contributed by atoms with van der Waals surface area (Å²) in [4.78, 5) is 16.9. The van der Waals surface area contributed by atoms with E-state index in [0.29, 0.717) is 10.1 Å². The molecule has 0 aliphatic carbocycles. The number of alkyl halides is 3. The number of benzene rings is 2. The van der Waals surface area contributed by atoms with Crippen LogP contribution in [0.5, 0.6) is 0 Å². The third-order valence-corrected chi connectivity index (χ3v) is 4.67. The minimum Gasteiger partial charge on any atom is -0.344 e. The van der Waals surface area contributed by atoms with Gasteiger partial charge < -0.3 is 5.32 Å². The maximum atomic E-state index is 13.7. The Morgan fingerprint density at radius 1 is 1.00 bits per heavy atom. The highest BCUT2D eigenvalue weighted by molar-refractivity contribution is 5.93. The first-order chi connectivity index (χ1) is 14.3. The number of halogens is 3. The van der Waals surface area contributed by atoms with Gasteiger partial charge in [0.25, 0.3) is 5.91 Å². The molecule has 0 bridgehead atoms. The topological polar surface area (TPSA) is 59.3 Å². The summed E-state index contributed by atoms with van der Waals surface area (Å²) in [6, 6.07) is 19.6. The molecule has 2 aromatic carbocycles. The van der Waals surface area contributed by atoms with Crippen molar-refractivity contribution in [3.05, 3.63) is 89.7 Å². The monoisotopic (exact) mass is 410 g/mol. The zero-order valence-corrected chi connectivity index (χ0v) is 15.9. The molecule has 2 heterocycles. The van der Waals surface area contributed by atoms with Crippen LogP contribution >= 0.6 is 0 Å². The first-order valence-electron chi connectivity index (χ1n) is 9.22. The standard InChI is InChI=1S/C22H17F3N4O/c1-14(15-8-4-2-5-9-15)26-21(30)18-13-20-27-17(16-10-6-3-7-11-16)12-19(22(23,24)25)29(20)28-18/h2-14H,1H3,(H,26,30)/t14-/m0/s1. The average Bonchev–Trinajstić information content (AvgIpc) is 3.18. The molecule has 2 aromatic heterocycles. The van der Waals surface area contributed by atoms with Crippen molar-refractivity contribution >= 4 is 11.6 Å². The Balaban J connectivity index is 1.73. The Hall–Kier alpha value is -3.68. The predicted molar refractivity (Wildman–Crippen MR) is 106 cm³/mol. The van der Waals surface area contributed by atoms with Crippen LogP contribution in [0.2, 0.25) is 0 Å². The van der Waals surface area contributed by atoms with E-state index >= 15 is 0 Å². The van der Waals surface area contributed by atoms with E-state index in [2.05, 4.69) is 15.4 Å². The quantitative estimate of drug-likeness (QED) is 0.520. The molecule has 4 aromatic rings. The first-order valence-corrected chi connectivity index (χ1v) is 9.22. The molecule has 5 nitrogen and oxygen atoms in total. The lowest BCUT2D eigenvalue weighted by Crippen LogP contribution is -2.27. The molecule has 0 unspecified atom stereocenters. The van der Waals surface area contributed by atoms with Crippen molar-refractivity contribution in [1.29, 1.82) is 0 Å². The van der Waals surface area contributed by atoms with E-state index in [9.17, 15) is 18.0 Å². The molecule has 0 radical (unpaired) electrons. The summed E-state index contributed by atoms with van der Waals surface area (Å²) >= 11 is 0. The number of hydrogen-bond acceptors (Lipinski definition) is 3. The molecule has 1 N–H and O–H groups in total. The molecule has 1 atom stereocenters. The smallest absolute Gasteiger partial charge is 0.344 e. The number of amides is 1. The summed E-state index contributed by atoms with van der Waals surface area (Å²) in [6.45, 7) is 1.79. The number of aromatic nitrogens is 3. The third kappa shape index (κ3) is 3.89. The molecule has 0 fully saturated rings. The zero-order valence-electron chi connectivity index (χ0n) is 15.9. The van der Waals surface area contributed by atoms with E-state index in [4.69, 9.17) is 0 Å². The Morgan fingerprint density at radius 2 is 1.63 bits per heavy atom. The van der Waals surface area contributed by atoms with Gasteiger partial charge in [-0.25, -0.2) is 9.50 Å². The van der Waals surface area contributed by atoms with Crippen LogP contribution in [0.15, 0.2) is 72.8 Å². The van der Waals surface area contributed by atoms with Gasteiger partial charge in [-0.3, -0.25) is 4.79 Å². The van der Waals surface area contributed by atoms with Gasteiger partial charge in [0.2, 0.25) is 0 Å². The molecule has 0 aliphatic rings. The average molecular weight is 410 g/mol. The second-order valence-electron chi connectivity index (χ2n) is 6.80. The predicted octanol–water partition coefficient (Wildman–Crippen LogP) is 4.91. The van der Waals surface area contributed by atoms with E-state index < -0.39 is 17.8 Å². The van der Waals surface area contributed by atoms with Crippen molar-refractivity contribution in [3.8, 4) is 11.3 Å². The number of nitrogens with zero attached hydrogens (tertiary/aromatic N) is 3. The fourth-order valence-electron chi connectivity index (χ4n) is 3.14. The van der Waals surface area contributed by atoms with Crippen molar-refractivity contribution in [3.63, 3.8) is 0 Å². The van der Waals surface area contributed by atoms with Gasteiger partial charge in [0.1, 0.15) is 0 Å². The minimum atomic E-state index is -4.66. The van der Waals surface area contributed by atoms with Crippen LogP contribution in [-0.4, -0.2) is 20.5 Å². The summed E-state index contributed by atoms with van der Waals surface area (Å²) in [5, 5.41) is 6.64. The SMILES string of the molecule is C[C@H](NC(=O)c1cc2nc(-c3ccccc3)cc(C(F)(F)F)n2n1)c1ccccc1. The summed E-state index contributed by atoms with van der Waals surface area (Å²) in [5.41, 5.74) is 0.370. The molecule has 0 spiro atoms. The molecular formula is C22H17F3N4O. The van der Waals surface area contributed by atoms with Crippen molar-refractivity contribution in [2.75, 3.05) is 0 Å². The zero-order chi connectivity index (χ0) is 21.3. The van der Waals surface area contributed by atoms with Gasteiger partial charge in [-0.1, -0.05) is 60.7 Å². The number of fused-ring (bicyclic) bond motifs is 1. The molecule has 0 saturated carbocycles. The Bertz CT molecular complexity index is 1190. The van der Waals surface area contributed by atoms with Gasteiger partial charge in [-0.05, 0) is 18.6 Å². The number of carbonyl (C=O) groups is 1. The normalized spacial score (nSPS) is 12.7. The highest BCUT2D eigenvalue weighted by atomic mass is 19.4. The van der Waals surface area contributed by atoms with Crippen LogP contribution in [0.1, 0.15) is 34.7 Å². The lowest BCUT2D eigenvalue weighted by Gasteiger charge is -2.13. The summed E-state index contributed by atoms with van der Waals surface area (Å²) in [6.07, 6.45) is -4.66. The van der Waals surface area contributed by atoms with Crippen molar-refractivity contribution in [2.45, 2.75) is 19.1 Å². The summed E-state index contributed by atoms with van der Waals surface area (Å²) in [5.74, 6) is -0.578. The molecule has 8 heteroatoms. The highest BCUT2D eigenvalue weighted by Gasteiger charge is 2.35. The number of carbonyl (C=O) groups excluding carboxylic acids is 1. The fraction of sp³-hybridized carbons (Fsp3) is 0.136. The van der Waals surface area contributed by atoms with E-state index in [0.717, 1.165) is 11.6 Å². The van der Waals surface area contributed by atoms with Crippen LogP contribution in [0, 0.1) is 0 Å². The number of hydrogen-bond donors (Lipinski definition) is 1. The van der Waals surface area contributed by atoms with Crippen LogP contribution in [0.3, 0.4) is 0 Å². The Morgan fingerprint density at radius 3 is 2.27 bits per heavy atom. The molecule has 0 saturated heterocycles. The molecule has 1 amide bonds. The van der Waals surface area contributed by atoms with Crippen molar-refractivity contribution in [2.24, 2.45) is 0 Å². The molecule has 4 rings (SSSR count). The van der Waals surface area contributed by atoms with Gasteiger partial charge in [0.15, 0.2) is 17.0 Å². The molecule has 0 aliphatic heterocycles. The van der Waals surface area contributed by atoms with Crippen LogP contribution in [0.25, 0.3) is 16.9 Å². The van der Waals surface area contributed by atoms with Gasteiger partial charge in [-0.15, -0.1) is 0 Å². The second kappa shape index (κ2) is 7.62. The van der Waals surface area contributed by atoms with E-state index in [1.54, 1.807) is 37.3 Å². The number of nitrogens with one attached hydrogen (secondary N) is 1. The molecule has 30 heavy (non-hydrogen) atoms. The third-order valence-electron chi connectivity index (χ3n) is 4.67. The lowest BCUT2D eigenvalue weighted by atomic mass is 10.1. The van der Waals surface area contributed by atoms with Crippen molar-refractivity contribution in [1.82, 2.24) is 19.9 Å². The van der Waals surface area contributed by atoms with Crippen LogP contribution in [0.4, 0.5) is 13.2 Å². The van der Waals surface area contributed by atoms with E-state index in [-0.39, 0.29) is 23.1 Å². The Labute approximate surface area is 170 Å². The number of rotatable bonds is 4. The van der Waals surface area contributed by atoms with Gasteiger partial charge in [0.05, 0.1) is 11.7 Å². The van der Waals surface area contributed by atoms with Gasteiger partial charge in [0, 0.05) is 11.6 Å². The maximum Gasteiger partial charge on any atom is 0.433 e. The van der Waals surface area contributed by atoms with Gasteiger partial charge in [-0.2, -0.15) is 18.3 Å². The van der Waals surface area contributed by atoms with Crippen molar-refractivity contribution < 1.29 is 18.0 Å². The summed E-state index contributed by atoms with van der Waals surface area (Å²) in [7, 11) is 0. The molecular weight excluding hydrogens is 393 g/mol. The first kappa shape index (κ1) is 19.6. The highest BCUT2D eigenvalue weighted by Crippen LogP contribution is 2.32. The lowest BCUT2D eigenvalue weighted by molar-refractivity contribution is -0.142. The van der Waals surface area contributed by atoms with E-state index in [1.165, 1.54) is 6.07 Å².